The van der Waals surface area contributed by atoms with E-state index in [4.69, 9.17) is 14.2 Å². The molecule has 0 radical (unpaired) electrons. The average Bonchev–Trinajstić information content (AvgIpc) is 2.58. The van der Waals surface area contributed by atoms with Crippen LogP contribution in [0.2, 0.25) is 0 Å². The topological polar surface area (TPSA) is 27.7 Å². The molecule has 0 amide bonds. The highest BCUT2D eigenvalue weighted by atomic mass is 16.9. The van der Waals surface area contributed by atoms with E-state index in [-0.39, 0.29) is 5.41 Å². The maximum atomic E-state index is 6.23. The largest absolute Gasteiger partial charge is 0.327 e. The van der Waals surface area contributed by atoms with Gasteiger partial charge in [-0.2, -0.15) is 0 Å². The van der Waals surface area contributed by atoms with Crippen LogP contribution < -0.4 is 0 Å². The van der Waals surface area contributed by atoms with Crippen LogP contribution in [0.5, 0.6) is 0 Å². The third-order valence-electron chi connectivity index (χ3n) is 5.12. The molecule has 0 unspecified atom stereocenters. The lowest BCUT2D eigenvalue weighted by Gasteiger charge is -2.49. The molecule has 152 valence electrons. The number of hydrogen-bond donors (Lipinski definition) is 0. The van der Waals surface area contributed by atoms with Crippen LogP contribution in [-0.2, 0) is 14.2 Å². The van der Waals surface area contributed by atoms with Crippen LogP contribution in [0, 0.1) is 5.41 Å². The first-order valence-electron chi connectivity index (χ1n) is 11.0. The molecule has 0 saturated heterocycles. The predicted molar refractivity (Wildman–Crippen MR) is 108 cm³/mol. The lowest BCUT2D eigenvalue weighted by molar-refractivity contribution is -0.431. The van der Waals surface area contributed by atoms with Gasteiger partial charge in [0.1, 0.15) is 0 Å². The smallest absolute Gasteiger partial charge is 0.288 e. The minimum absolute atomic E-state index is 0.0523. The second-order valence-electron chi connectivity index (χ2n) is 7.15. The summed E-state index contributed by atoms with van der Waals surface area (Å²) in [4.78, 5) is 0. The van der Waals surface area contributed by atoms with E-state index in [0.29, 0.717) is 19.8 Å². The van der Waals surface area contributed by atoms with Crippen molar-refractivity contribution in [3.63, 3.8) is 0 Å². The first-order valence-corrected chi connectivity index (χ1v) is 11.0. The van der Waals surface area contributed by atoms with Crippen molar-refractivity contribution in [2.75, 3.05) is 19.8 Å². The Morgan fingerprint density at radius 1 is 0.480 bits per heavy atom. The first-order chi connectivity index (χ1) is 12.1. The fourth-order valence-electron chi connectivity index (χ4n) is 4.19. The van der Waals surface area contributed by atoms with Gasteiger partial charge in [0, 0.05) is 19.8 Å². The van der Waals surface area contributed by atoms with Crippen LogP contribution in [0.4, 0.5) is 0 Å². The van der Waals surface area contributed by atoms with E-state index in [1.807, 2.05) is 20.8 Å². The van der Waals surface area contributed by atoms with E-state index in [0.717, 1.165) is 32.1 Å². The number of hydrogen-bond acceptors (Lipinski definition) is 3. The molecule has 0 atom stereocenters. The van der Waals surface area contributed by atoms with Crippen LogP contribution >= 0.6 is 0 Å². The zero-order valence-corrected chi connectivity index (χ0v) is 18.1. The molecular weight excluding hydrogens is 312 g/mol. The third-order valence-corrected chi connectivity index (χ3v) is 5.12. The molecule has 3 heteroatoms. The van der Waals surface area contributed by atoms with Crippen molar-refractivity contribution in [2.24, 2.45) is 5.41 Å². The van der Waals surface area contributed by atoms with Gasteiger partial charge in [-0.25, -0.2) is 0 Å². The summed E-state index contributed by atoms with van der Waals surface area (Å²) in [5, 5.41) is 0. The molecule has 0 aromatic heterocycles. The normalized spacial score (nSPS) is 12.7. The molecule has 0 aliphatic rings. The number of ether oxygens (including phenoxy) is 3. The first kappa shape index (κ1) is 24.9. The van der Waals surface area contributed by atoms with E-state index >= 15 is 0 Å². The third kappa shape index (κ3) is 7.97. The van der Waals surface area contributed by atoms with Gasteiger partial charge in [-0.15, -0.1) is 0 Å². The second kappa shape index (κ2) is 15.0. The van der Waals surface area contributed by atoms with Gasteiger partial charge in [0.05, 0.1) is 5.41 Å². The summed E-state index contributed by atoms with van der Waals surface area (Å²) in [6, 6.07) is 0. The highest BCUT2D eigenvalue weighted by molar-refractivity contribution is 4.89. The molecule has 0 aliphatic carbocycles. The maximum Gasteiger partial charge on any atom is 0.288 e. The highest BCUT2D eigenvalue weighted by Gasteiger charge is 2.53. The summed E-state index contributed by atoms with van der Waals surface area (Å²) in [6.45, 7) is 14.8. The van der Waals surface area contributed by atoms with E-state index < -0.39 is 5.97 Å². The zero-order chi connectivity index (χ0) is 19.0. The molecule has 0 rings (SSSR count). The maximum absolute atomic E-state index is 6.23. The number of unbranched alkanes of at least 4 members (excludes halogenated alkanes) is 5. The highest BCUT2D eigenvalue weighted by Crippen LogP contribution is 2.49. The Bertz CT molecular complexity index is 268. The van der Waals surface area contributed by atoms with Gasteiger partial charge in [-0.3, -0.25) is 0 Å². The van der Waals surface area contributed by atoms with Gasteiger partial charge in [-0.1, -0.05) is 72.1 Å². The molecule has 0 N–H and O–H groups in total. The lowest BCUT2D eigenvalue weighted by atomic mass is 9.72. The molecule has 0 aromatic carbocycles. The molecule has 0 spiro atoms. The SMILES string of the molecule is CCCCCCCCC(CCC)(CCC)C(OCC)(OCC)OCC. The van der Waals surface area contributed by atoms with E-state index in [9.17, 15) is 0 Å². The van der Waals surface area contributed by atoms with Crippen molar-refractivity contribution in [1.29, 1.82) is 0 Å². The minimum atomic E-state index is -0.888. The Morgan fingerprint density at radius 3 is 1.32 bits per heavy atom. The quantitative estimate of drug-likeness (QED) is 0.193. The lowest BCUT2D eigenvalue weighted by Crippen LogP contribution is -2.55. The van der Waals surface area contributed by atoms with Crippen LogP contribution in [0.1, 0.15) is 112 Å². The minimum Gasteiger partial charge on any atom is -0.327 e. The molecule has 0 heterocycles. The monoisotopic (exact) mass is 358 g/mol. The second-order valence-corrected chi connectivity index (χ2v) is 7.15. The van der Waals surface area contributed by atoms with Crippen molar-refractivity contribution in [3.05, 3.63) is 0 Å². The average molecular weight is 359 g/mol. The molecular formula is C22H46O3. The Balaban J connectivity index is 5.32. The van der Waals surface area contributed by atoms with Crippen molar-refractivity contribution in [2.45, 2.75) is 118 Å². The van der Waals surface area contributed by atoms with Gasteiger partial charge in [-0.05, 0) is 40.0 Å². The van der Waals surface area contributed by atoms with Gasteiger partial charge < -0.3 is 14.2 Å². The van der Waals surface area contributed by atoms with Gasteiger partial charge in [0.15, 0.2) is 0 Å². The summed E-state index contributed by atoms with van der Waals surface area (Å²) in [7, 11) is 0. The van der Waals surface area contributed by atoms with E-state index in [1.54, 1.807) is 0 Å². The fourth-order valence-corrected chi connectivity index (χ4v) is 4.19. The molecule has 0 fully saturated rings. The van der Waals surface area contributed by atoms with Gasteiger partial charge in [0.25, 0.3) is 5.97 Å². The van der Waals surface area contributed by atoms with Crippen LogP contribution in [0.25, 0.3) is 0 Å². The summed E-state index contributed by atoms with van der Waals surface area (Å²) in [5.74, 6) is -0.888. The van der Waals surface area contributed by atoms with E-state index in [1.165, 1.54) is 38.5 Å². The zero-order valence-electron chi connectivity index (χ0n) is 18.1. The molecule has 25 heavy (non-hydrogen) atoms. The standard InChI is InChI=1S/C22H46O3/c1-7-13-14-15-16-17-20-21(18-8-2,19-9-3)22(23-10-4,24-11-5)25-12-6/h7-20H2,1-6H3. The van der Waals surface area contributed by atoms with Crippen molar-refractivity contribution >= 4 is 0 Å². The van der Waals surface area contributed by atoms with Crippen molar-refractivity contribution in [3.8, 4) is 0 Å². The fraction of sp³-hybridized carbons (Fsp3) is 1.00. The predicted octanol–water partition coefficient (Wildman–Crippen LogP) is 7.09. The van der Waals surface area contributed by atoms with Crippen LogP contribution in [0.3, 0.4) is 0 Å². The van der Waals surface area contributed by atoms with Crippen LogP contribution in [-0.4, -0.2) is 25.8 Å². The molecule has 0 aromatic rings. The molecule has 0 bridgehead atoms. The van der Waals surface area contributed by atoms with Gasteiger partial charge >= 0.3 is 0 Å². The summed E-state index contributed by atoms with van der Waals surface area (Å²) in [5.41, 5.74) is -0.0523. The summed E-state index contributed by atoms with van der Waals surface area (Å²) >= 11 is 0. The van der Waals surface area contributed by atoms with E-state index in [2.05, 4.69) is 20.8 Å². The Hall–Kier alpha value is -0.120. The summed E-state index contributed by atoms with van der Waals surface area (Å²) in [6.07, 6.45) is 13.5. The number of rotatable bonds is 18. The Labute approximate surface area is 158 Å². The molecule has 0 saturated carbocycles. The summed E-state index contributed by atoms with van der Waals surface area (Å²) < 4.78 is 18.7. The van der Waals surface area contributed by atoms with Crippen molar-refractivity contribution in [1.82, 2.24) is 0 Å². The molecule has 3 nitrogen and oxygen atoms in total. The Morgan fingerprint density at radius 2 is 0.920 bits per heavy atom. The van der Waals surface area contributed by atoms with Gasteiger partial charge in [0.2, 0.25) is 0 Å². The van der Waals surface area contributed by atoms with Crippen LogP contribution in [0.15, 0.2) is 0 Å². The molecule has 0 aliphatic heterocycles. The van der Waals surface area contributed by atoms with Crippen molar-refractivity contribution < 1.29 is 14.2 Å². The Kier molecular flexibility index (Phi) is 14.9.